The van der Waals surface area contributed by atoms with Gasteiger partial charge in [0.15, 0.2) is 0 Å². The molecule has 1 amide bonds. The average molecular weight is 279 g/mol. The monoisotopic (exact) mass is 279 g/mol. The van der Waals surface area contributed by atoms with Crippen LogP contribution in [-0.4, -0.2) is 10.9 Å². The molecule has 1 heterocycles. The molecule has 1 aromatic carbocycles. The van der Waals surface area contributed by atoms with E-state index in [1.807, 2.05) is 13.0 Å². The van der Waals surface area contributed by atoms with Crippen LogP contribution in [0.5, 0.6) is 11.5 Å². The number of carbonyl (C=O) groups excluding carboxylic acids is 1. The summed E-state index contributed by atoms with van der Waals surface area (Å²) in [5, 5.41) is 8.83. The second-order valence-electron chi connectivity index (χ2n) is 4.35. The number of nitrogens with two attached hydrogens (primary N) is 1. The molecule has 5 nitrogen and oxygen atoms in total. The van der Waals surface area contributed by atoms with Gasteiger partial charge in [0.05, 0.1) is 6.20 Å². The summed E-state index contributed by atoms with van der Waals surface area (Å²) < 4.78 is 5.70. The molecule has 2 aromatic rings. The minimum atomic E-state index is -0.745. The Morgan fingerprint density at radius 1 is 1.43 bits per heavy atom. The van der Waals surface area contributed by atoms with E-state index in [2.05, 4.69) is 4.98 Å². The third-order valence-electron chi connectivity index (χ3n) is 2.76. The second-order valence-corrected chi connectivity index (χ2v) is 4.35. The maximum atomic E-state index is 11.0. The van der Waals surface area contributed by atoms with Crippen LogP contribution < -0.4 is 10.5 Å². The topological polar surface area (TPSA) is 89.0 Å². The van der Waals surface area contributed by atoms with Crippen molar-refractivity contribution in [2.75, 3.05) is 0 Å². The lowest BCUT2D eigenvalue weighted by atomic mass is 10.1. The van der Waals surface area contributed by atoms with Crippen LogP contribution in [0.1, 0.15) is 11.1 Å². The van der Waals surface area contributed by atoms with E-state index in [-0.39, 0.29) is 5.57 Å². The van der Waals surface area contributed by atoms with E-state index in [1.165, 1.54) is 6.08 Å². The van der Waals surface area contributed by atoms with Crippen molar-refractivity contribution in [2.45, 2.75) is 6.92 Å². The lowest BCUT2D eigenvalue weighted by molar-refractivity contribution is -0.114. The predicted octanol–water partition coefficient (Wildman–Crippen LogP) is 2.57. The molecular formula is C16H13N3O2. The Kier molecular flexibility index (Phi) is 4.32. The number of carbonyl (C=O) groups is 1. The van der Waals surface area contributed by atoms with Gasteiger partial charge in [-0.25, -0.2) is 0 Å². The first-order valence-electron chi connectivity index (χ1n) is 6.20. The fraction of sp³-hybridized carbons (Fsp3) is 0.0625. The number of aryl methyl sites for hydroxylation is 1. The lowest BCUT2D eigenvalue weighted by Crippen LogP contribution is -2.12. The van der Waals surface area contributed by atoms with Gasteiger partial charge in [-0.05, 0) is 48.4 Å². The van der Waals surface area contributed by atoms with Gasteiger partial charge in [-0.15, -0.1) is 0 Å². The molecule has 0 saturated carbocycles. The first-order chi connectivity index (χ1) is 10.1. The zero-order chi connectivity index (χ0) is 15.2. The molecule has 0 aliphatic carbocycles. The lowest BCUT2D eigenvalue weighted by Gasteiger charge is -2.08. The molecule has 5 heteroatoms. The summed E-state index contributed by atoms with van der Waals surface area (Å²) in [5.41, 5.74) is 6.60. The number of pyridine rings is 1. The molecule has 0 bridgehead atoms. The fourth-order valence-electron chi connectivity index (χ4n) is 1.74. The van der Waals surface area contributed by atoms with E-state index < -0.39 is 5.91 Å². The van der Waals surface area contributed by atoms with Crippen molar-refractivity contribution in [1.29, 1.82) is 5.26 Å². The van der Waals surface area contributed by atoms with Gasteiger partial charge in [0.2, 0.25) is 0 Å². The summed E-state index contributed by atoms with van der Waals surface area (Å²) in [6.45, 7) is 1.87. The summed E-state index contributed by atoms with van der Waals surface area (Å²) in [6, 6.07) is 10.7. The molecule has 0 radical (unpaired) electrons. The Bertz CT molecular complexity index is 731. The quantitative estimate of drug-likeness (QED) is 0.688. The summed E-state index contributed by atoms with van der Waals surface area (Å²) in [7, 11) is 0. The fourth-order valence-corrected chi connectivity index (χ4v) is 1.74. The number of amides is 1. The van der Waals surface area contributed by atoms with Crippen LogP contribution in [0.25, 0.3) is 6.08 Å². The van der Waals surface area contributed by atoms with Crippen molar-refractivity contribution < 1.29 is 9.53 Å². The van der Waals surface area contributed by atoms with E-state index in [0.717, 1.165) is 5.56 Å². The number of ether oxygens (including phenoxy) is 1. The van der Waals surface area contributed by atoms with E-state index >= 15 is 0 Å². The second kappa shape index (κ2) is 6.35. The molecule has 0 atom stereocenters. The highest BCUT2D eigenvalue weighted by atomic mass is 16.5. The van der Waals surface area contributed by atoms with Crippen LogP contribution in [0.4, 0.5) is 0 Å². The van der Waals surface area contributed by atoms with Gasteiger partial charge in [-0.2, -0.15) is 5.26 Å². The molecule has 0 unspecified atom stereocenters. The third kappa shape index (κ3) is 3.67. The van der Waals surface area contributed by atoms with Gasteiger partial charge >= 0.3 is 0 Å². The molecule has 2 rings (SSSR count). The smallest absolute Gasteiger partial charge is 0.259 e. The number of hydrogen-bond acceptors (Lipinski definition) is 4. The van der Waals surface area contributed by atoms with Gasteiger partial charge in [0.1, 0.15) is 23.1 Å². The number of nitriles is 1. The Hall–Kier alpha value is -3.13. The summed E-state index contributed by atoms with van der Waals surface area (Å²) in [5.74, 6) is 0.572. The highest BCUT2D eigenvalue weighted by Crippen LogP contribution is 2.25. The van der Waals surface area contributed by atoms with Crippen molar-refractivity contribution in [3.63, 3.8) is 0 Å². The number of primary amides is 1. The minimum Gasteiger partial charge on any atom is -0.455 e. The van der Waals surface area contributed by atoms with Crippen LogP contribution in [0, 0.1) is 18.3 Å². The van der Waals surface area contributed by atoms with Gasteiger partial charge in [-0.3, -0.25) is 9.78 Å². The molecule has 104 valence electrons. The highest BCUT2D eigenvalue weighted by molar-refractivity contribution is 6.00. The number of hydrogen-bond donors (Lipinski definition) is 1. The first kappa shape index (κ1) is 14.3. The summed E-state index contributed by atoms with van der Waals surface area (Å²) >= 11 is 0. The molecule has 0 fully saturated rings. The maximum absolute atomic E-state index is 11.0. The maximum Gasteiger partial charge on any atom is 0.259 e. The van der Waals surface area contributed by atoms with Crippen molar-refractivity contribution in [2.24, 2.45) is 5.73 Å². The SMILES string of the molecule is Cc1cc(C=C(C#N)C(N)=O)ccc1Oc1cccnc1. The Balaban J connectivity index is 2.26. The summed E-state index contributed by atoms with van der Waals surface area (Å²) in [6.07, 6.45) is 4.73. The van der Waals surface area contributed by atoms with Crippen LogP contribution >= 0.6 is 0 Å². The number of aromatic nitrogens is 1. The highest BCUT2D eigenvalue weighted by Gasteiger charge is 2.06. The molecular weight excluding hydrogens is 266 g/mol. The third-order valence-corrected chi connectivity index (χ3v) is 2.76. The number of benzene rings is 1. The van der Waals surface area contributed by atoms with E-state index in [9.17, 15) is 4.79 Å². The van der Waals surface area contributed by atoms with E-state index in [1.54, 1.807) is 42.7 Å². The largest absolute Gasteiger partial charge is 0.455 e. The number of rotatable bonds is 4. The van der Waals surface area contributed by atoms with Crippen molar-refractivity contribution in [3.05, 3.63) is 59.4 Å². The zero-order valence-electron chi connectivity index (χ0n) is 11.4. The van der Waals surface area contributed by atoms with Gasteiger partial charge in [-0.1, -0.05) is 6.07 Å². The minimum absolute atomic E-state index is 0.0877. The zero-order valence-corrected chi connectivity index (χ0v) is 11.4. The Morgan fingerprint density at radius 2 is 2.24 bits per heavy atom. The van der Waals surface area contributed by atoms with Gasteiger partial charge in [0.25, 0.3) is 5.91 Å². The van der Waals surface area contributed by atoms with Crippen LogP contribution in [0.15, 0.2) is 48.3 Å². The molecule has 1 aromatic heterocycles. The molecule has 0 aliphatic heterocycles. The van der Waals surface area contributed by atoms with E-state index in [4.69, 9.17) is 15.7 Å². The van der Waals surface area contributed by atoms with Crippen LogP contribution in [-0.2, 0) is 4.79 Å². The van der Waals surface area contributed by atoms with Gasteiger partial charge < -0.3 is 10.5 Å². The molecule has 0 aliphatic rings. The molecule has 0 saturated heterocycles. The molecule has 2 N–H and O–H groups in total. The number of nitrogens with zero attached hydrogens (tertiary/aromatic N) is 2. The standard InChI is InChI=1S/C16H13N3O2/c1-11-7-12(8-13(9-17)16(18)20)4-5-15(11)21-14-3-2-6-19-10-14/h2-8,10H,1H3,(H2,18,20). The normalized spacial score (nSPS) is 10.8. The van der Waals surface area contributed by atoms with Crippen molar-refractivity contribution in [3.8, 4) is 17.6 Å². The Morgan fingerprint density at radius 3 is 2.81 bits per heavy atom. The summed E-state index contributed by atoms with van der Waals surface area (Å²) in [4.78, 5) is 15.0. The van der Waals surface area contributed by atoms with Gasteiger partial charge in [0, 0.05) is 6.20 Å². The van der Waals surface area contributed by atoms with Crippen LogP contribution in [0.2, 0.25) is 0 Å². The predicted molar refractivity (Wildman–Crippen MR) is 78.3 cm³/mol. The average Bonchev–Trinajstić information content (AvgIpc) is 2.48. The van der Waals surface area contributed by atoms with E-state index in [0.29, 0.717) is 17.1 Å². The van der Waals surface area contributed by atoms with Crippen molar-refractivity contribution >= 4 is 12.0 Å². The Labute approximate surface area is 122 Å². The molecule has 0 spiro atoms. The van der Waals surface area contributed by atoms with Crippen molar-refractivity contribution in [1.82, 2.24) is 4.98 Å². The first-order valence-corrected chi connectivity index (χ1v) is 6.20. The molecule has 21 heavy (non-hydrogen) atoms. The van der Waals surface area contributed by atoms with Crippen LogP contribution in [0.3, 0.4) is 0 Å².